The quantitative estimate of drug-likeness (QED) is 0.679. The highest BCUT2D eigenvalue weighted by molar-refractivity contribution is 5.66. The molecule has 0 atom stereocenters. The predicted octanol–water partition coefficient (Wildman–Crippen LogP) is 4.28. The second-order valence-corrected chi connectivity index (χ2v) is 7.95. The molecule has 0 aliphatic carbocycles. The maximum absolute atomic E-state index is 14.6. The number of anilines is 1. The molecule has 0 spiro atoms. The zero-order valence-electron chi connectivity index (χ0n) is 16.2. The monoisotopic (exact) mass is 376 g/mol. The Hall–Kier alpha value is -2.66. The van der Waals surface area contributed by atoms with Gasteiger partial charge in [-0.1, -0.05) is 24.3 Å². The molecule has 0 amide bonds. The summed E-state index contributed by atoms with van der Waals surface area (Å²) < 4.78 is 16.6. The molecular formula is C23H25FN4. The Morgan fingerprint density at radius 2 is 1.82 bits per heavy atom. The van der Waals surface area contributed by atoms with Gasteiger partial charge in [0.1, 0.15) is 5.82 Å². The molecule has 3 aromatic rings. The molecule has 5 heteroatoms. The molecular weight excluding hydrogens is 351 g/mol. The standard InChI is InChI=1S/C23H25FN4/c1-26-15-20-22(16-26)25-28(23(20)19-9-2-3-10-21(19)24)14-17-7-6-8-18(13-17)27-11-4-5-12-27/h2-3,6-10,13H,4-5,11-12,14-16H2,1H3. The van der Waals surface area contributed by atoms with E-state index >= 15 is 0 Å². The number of nitrogens with zero attached hydrogens (tertiary/aromatic N) is 4. The van der Waals surface area contributed by atoms with Crippen LogP contribution in [0.4, 0.5) is 10.1 Å². The fraction of sp³-hybridized carbons (Fsp3) is 0.348. The number of halogens is 1. The largest absolute Gasteiger partial charge is 0.372 e. The van der Waals surface area contributed by atoms with Crippen molar-refractivity contribution in [3.05, 3.63) is 71.2 Å². The van der Waals surface area contributed by atoms with Gasteiger partial charge in [0.15, 0.2) is 0 Å². The molecule has 1 saturated heterocycles. The van der Waals surface area contributed by atoms with Gasteiger partial charge in [-0.2, -0.15) is 5.10 Å². The van der Waals surface area contributed by atoms with Crippen molar-refractivity contribution in [3.8, 4) is 11.3 Å². The zero-order valence-corrected chi connectivity index (χ0v) is 16.2. The SMILES string of the molecule is CN1Cc2nn(Cc3cccc(N4CCCC4)c3)c(-c3ccccc3F)c2C1. The lowest BCUT2D eigenvalue weighted by Crippen LogP contribution is -2.18. The summed E-state index contributed by atoms with van der Waals surface area (Å²) in [6, 6.07) is 15.7. The van der Waals surface area contributed by atoms with Crippen LogP contribution in [0, 0.1) is 5.82 Å². The van der Waals surface area contributed by atoms with E-state index in [1.165, 1.54) is 30.2 Å². The molecule has 0 radical (unpaired) electrons. The summed E-state index contributed by atoms with van der Waals surface area (Å²) in [5.41, 5.74) is 6.27. The number of fused-ring (bicyclic) bond motifs is 1. The molecule has 1 aromatic heterocycles. The summed E-state index contributed by atoms with van der Waals surface area (Å²) >= 11 is 0. The lowest BCUT2D eigenvalue weighted by Gasteiger charge is -2.19. The van der Waals surface area contributed by atoms with Gasteiger partial charge in [0.25, 0.3) is 0 Å². The predicted molar refractivity (Wildman–Crippen MR) is 110 cm³/mol. The summed E-state index contributed by atoms with van der Waals surface area (Å²) in [5.74, 6) is -0.188. The van der Waals surface area contributed by atoms with Crippen LogP contribution in [0.3, 0.4) is 0 Å². The molecule has 0 unspecified atom stereocenters. The first-order valence-corrected chi connectivity index (χ1v) is 10.0. The maximum atomic E-state index is 14.6. The van der Waals surface area contributed by atoms with Gasteiger partial charge in [0, 0.05) is 43.0 Å². The topological polar surface area (TPSA) is 24.3 Å². The van der Waals surface area contributed by atoms with Gasteiger partial charge in [0.05, 0.1) is 17.9 Å². The summed E-state index contributed by atoms with van der Waals surface area (Å²) in [6.45, 7) is 4.55. The van der Waals surface area contributed by atoms with Crippen molar-refractivity contribution in [2.45, 2.75) is 32.5 Å². The molecule has 2 aliphatic heterocycles. The van der Waals surface area contributed by atoms with E-state index in [0.717, 1.165) is 43.1 Å². The molecule has 144 valence electrons. The van der Waals surface area contributed by atoms with Crippen molar-refractivity contribution in [3.63, 3.8) is 0 Å². The second kappa shape index (κ2) is 7.06. The smallest absolute Gasteiger partial charge is 0.132 e. The van der Waals surface area contributed by atoms with Crippen LogP contribution in [0.1, 0.15) is 29.7 Å². The average molecular weight is 376 g/mol. The van der Waals surface area contributed by atoms with E-state index in [0.29, 0.717) is 12.1 Å². The van der Waals surface area contributed by atoms with Gasteiger partial charge in [-0.3, -0.25) is 9.58 Å². The van der Waals surface area contributed by atoms with Crippen molar-refractivity contribution in [2.24, 2.45) is 0 Å². The van der Waals surface area contributed by atoms with Gasteiger partial charge in [-0.15, -0.1) is 0 Å². The highest BCUT2D eigenvalue weighted by Gasteiger charge is 2.27. The molecule has 2 aromatic carbocycles. The first kappa shape index (κ1) is 17.4. The van der Waals surface area contributed by atoms with E-state index in [1.807, 2.05) is 16.8 Å². The van der Waals surface area contributed by atoms with Gasteiger partial charge in [-0.25, -0.2) is 4.39 Å². The summed E-state index contributed by atoms with van der Waals surface area (Å²) in [6.07, 6.45) is 2.53. The van der Waals surface area contributed by atoms with E-state index < -0.39 is 0 Å². The van der Waals surface area contributed by atoms with Crippen molar-refractivity contribution < 1.29 is 4.39 Å². The molecule has 3 heterocycles. The highest BCUT2D eigenvalue weighted by Crippen LogP contribution is 2.34. The number of aromatic nitrogens is 2. The Morgan fingerprint density at radius 3 is 2.64 bits per heavy atom. The van der Waals surface area contributed by atoms with Gasteiger partial charge in [-0.05, 0) is 49.7 Å². The third kappa shape index (κ3) is 3.10. The summed E-state index contributed by atoms with van der Waals surface area (Å²) in [7, 11) is 2.08. The first-order valence-electron chi connectivity index (χ1n) is 10.0. The normalized spacial score (nSPS) is 16.7. The Balaban J connectivity index is 1.54. The Labute approximate surface area is 165 Å². The van der Waals surface area contributed by atoms with Crippen LogP contribution >= 0.6 is 0 Å². The molecule has 0 saturated carbocycles. The van der Waals surface area contributed by atoms with Crippen LogP contribution in [-0.2, 0) is 19.6 Å². The molecule has 0 N–H and O–H groups in total. The summed E-state index contributed by atoms with van der Waals surface area (Å²) in [4.78, 5) is 4.67. The average Bonchev–Trinajstić information content (AvgIpc) is 3.40. The van der Waals surface area contributed by atoms with Crippen LogP contribution in [0.2, 0.25) is 0 Å². The second-order valence-electron chi connectivity index (χ2n) is 7.95. The van der Waals surface area contributed by atoms with Gasteiger partial charge in [0.2, 0.25) is 0 Å². The van der Waals surface area contributed by atoms with E-state index in [9.17, 15) is 4.39 Å². The van der Waals surface area contributed by atoms with Crippen LogP contribution in [0.25, 0.3) is 11.3 Å². The minimum absolute atomic E-state index is 0.188. The van der Waals surface area contributed by atoms with Crippen molar-refractivity contribution >= 4 is 5.69 Å². The lowest BCUT2D eigenvalue weighted by molar-refractivity contribution is 0.346. The molecule has 5 rings (SSSR count). The van der Waals surface area contributed by atoms with Crippen LogP contribution in [-0.4, -0.2) is 34.8 Å². The van der Waals surface area contributed by atoms with E-state index in [2.05, 4.69) is 41.1 Å². The summed E-state index contributed by atoms with van der Waals surface area (Å²) in [5, 5.41) is 4.88. The number of hydrogen-bond donors (Lipinski definition) is 0. The lowest BCUT2D eigenvalue weighted by atomic mass is 10.1. The molecule has 1 fully saturated rings. The van der Waals surface area contributed by atoms with E-state index in [1.54, 1.807) is 6.07 Å². The van der Waals surface area contributed by atoms with Crippen LogP contribution in [0.5, 0.6) is 0 Å². The Morgan fingerprint density at radius 1 is 1.00 bits per heavy atom. The maximum Gasteiger partial charge on any atom is 0.132 e. The number of hydrogen-bond acceptors (Lipinski definition) is 3. The Bertz CT molecular complexity index is 1000. The number of benzene rings is 2. The molecule has 2 aliphatic rings. The van der Waals surface area contributed by atoms with Crippen molar-refractivity contribution in [2.75, 3.05) is 25.0 Å². The Kier molecular flexibility index (Phi) is 4.40. The molecule has 28 heavy (non-hydrogen) atoms. The highest BCUT2D eigenvalue weighted by atomic mass is 19.1. The number of rotatable bonds is 4. The molecule has 4 nitrogen and oxygen atoms in total. The van der Waals surface area contributed by atoms with Crippen molar-refractivity contribution in [1.82, 2.24) is 14.7 Å². The van der Waals surface area contributed by atoms with Gasteiger partial charge < -0.3 is 4.90 Å². The minimum atomic E-state index is -0.188. The van der Waals surface area contributed by atoms with Gasteiger partial charge >= 0.3 is 0 Å². The van der Waals surface area contributed by atoms with Crippen molar-refractivity contribution in [1.29, 1.82) is 0 Å². The van der Waals surface area contributed by atoms with Crippen LogP contribution < -0.4 is 4.90 Å². The fourth-order valence-corrected chi connectivity index (χ4v) is 4.49. The van der Waals surface area contributed by atoms with E-state index in [-0.39, 0.29) is 5.82 Å². The van der Waals surface area contributed by atoms with Crippen LogP contribution in [0.15, 0.2) is 48.5 Å². The minimum Gasteiger partial charge on any atom is -0.372 e. The third-order valence-electron chi connectivity index (χ3n) is 5.82. The third-order valence-corrected chi connectivity index (χ3v) is 5.82. The van der Waals surface area contributed by atoms with E-state index in [4.69, 9.17) is 5.10 Å². The molecule has 0 bridgehead atoms. The fourth-order valence-electron chi connectivity index (χ4n) is 4.49. The zero-order chi connectivity index (χ0) is 19.1. The first-order chi connectivity index (χ1) is 13.7.